The van der Waals surface area contributed by atoms with Crippen molar-refractivity contribution < 1.29 is 29.4 Å². The van der Waals surface area contributed by atoms with Crippen LogP contribution < -0.4 is 0 Å². The van der Waals surface area contributed by atoms with Crippen molar-refractivity contribution in [1.82, 2.24) is 4.90 Å². The van der Waals surface area contributed by atoms with Crippen molar-refractivity contribution in [2.24, 2.45) is 11.1 Å². The maximum Gasteiger partial charge on any atom is 0.414 e. The average Bonchev–Trinajstić information content (AvgIpc) is 2.88. The second-order valence-corrected chi connectivity index (χ2v) is 3.97. The number of piperidine rings is 1. The molecule has 104 valence electrons. The maximum absolute atomic E-state index is 11.3. The largest absolute Gasteiger partial charge is 0.473 e. The van der Waals surface area contributed by atoms with E-state index < -0.39 is 11.9 Å². The molecule has 8 heteroatoms. The van der Waals surface area contributed by atoms with Crippen molar-refractivity contribution in [1.29, 1.82) is 0 Å². The number of ketones is 1. The summed E-state index contributed by atoms with van der Waals surface area (Å²) in [5.74, 6) is -3.37. The van der Waals surface area contributed by atoms with E-state index in [0.29, 0.717) is 13.2 Å². The lowest BCUT2D eigenvalue weighted by Gasteiger charge is -2.11. The summed E-state index contributed by atoms with van der Waals surface area (Å²) in [6.45, 7) is 6.13. The quantitative estimate of drug-likeness (QED) is 0.299. The number of fused-ring (bicyclic) bond motifs is 2. The second-order valence-electron chi connectivity index (χ2n) is 3.97. The predicted octanol–water partition coefficient (Wildman–Crippen LogP) is -0.785. The molecule has 2 rings (SSSR count). The number of rotatable bonds is 3. The number of hydrogen-bond acceptors (Lipinski definition) is 6. The molecule has 2 fully saturated rings. The Morgan fingerprint density at radius 1 is 1.42 bits per heavy atom. The number of carboxylic acids is 2. The van der Waals surface area contributed by atoms with E-state index >= 15 is 0 Å². The number of carboxylic acid groups (broad SMARTS) is 2. The van der Waals surface area contributed by atoms with Gasteiger partial charge in [0.2, 0.25) is 0 Å². The van der Waals surface area contributed by atoms with Crippen LogP contribution in [0.2, 0.25) is 0 Å². The molecule has 0 radical (unpaired) electrons. The summed E-state index contributed by atoms with van der Waals surface area (Å²) in [6, 6.07) is 0. The monoisotopic (exact) mass is 270 g/mol. The van der Waals surface area contributed by atoms with Gasteiger partial charge in [-0.3, -0.25) is 9.69 Å². The minimum atomic E-state index is -1.82. The van der Waals surface area contributed by atoms with Crippen LogP contribution in [0, 0.1) is 5.92 Å². The van der Waals surface area contributed by atoms with E-state index in [4.69, 9.17) is 24.6 Å². The first-order valence-corrected chi connectivity index (χ1v) is 5.46. The van der Waals surface area contributed by atoms with E-state index in [1.54, 1.807) is 6.08 Å². The molecule has 0 saturated carbocycles. The molecular formula is C11H14N2O6. The molecule has 0 aromatic heterocycles. The molecule has 0 aromatic rings. The third-order valence-corrected chi connectivity index (χ3v) is 2.55. The van der Waals surface area contributed by atoms with Crippen molar-refractivity contribution in [2.75, 3.05) is 26.2 Å². The summed E-state index contributed by atoms with van der Waals surface area (Å²) in [4.78, 5) is 36.5. The smallest absolute Gasteiger partial charge is 0.414 e. The van der Waals surface area contributed by atoms with Crippen molar-refractivity contribution in [3.05, 3.63) is 12.7 Å². The van der Waals surface area contributed by atoms with Crippen LogP contribution >= 0.6 is 0 Å². The highest BCUT2D eigenvalue weighted by Gasteiger charge is 2.42. The Balaban J connectivity index is 0.000000258. The highest BCUT2D eigenvalue weighted by molar-refractivity contribution is 6.27. The van der Waals surface area contributed by atoms with Crippen LogP contribution in [-0.2, 0) is 19.2 Å². The first kappa shape index (κ1) is 14.8. The van der Waals surface area contributed by atoms with E-state index in [-0.39, 0.29) is 11.7 Å². The molecule has 2 unspecified atom stereocenters. The average molecular weight is 270 g/mol. The van der Waals surface area contributed by atoms with Gasteiger partial charge in [0, 0.05) is 13.1 Å². The van der Waals surface area contributed by atoms with Gasteiger partial charge in [-0.2, -0.15) is 0 Å². The van der Waals surface area contributed by atoms with Crippen molar-refractivity contribution in [3.8, 4) is 0 Å². The predicted molar refractivity (Wildman–Crippen MR) is 63.8 cm³/mol. The first-order valence-electron chi connectivity index (χ1n) is 5.46. The molecular weight excluding hydrogens is 256 g/mol. The molecule has 0 aliphatic carbocycles. The molecule has 2 atom stereocenters. The van der Waals surface area contributed by atoms with Gasteiger partial charge in [0.1, 0.15) is 6.61 Å². The Morgan fingerprint density at radius 3 is 2.47 bits per heavy atom. The number of nitrogens with zero attached hydrogens (tertiary/aromatic N) is 2. The molecule has 2 saturated heterocycles. The van der Waals surface area contributed by atoms with Crippen LogP contribution in [0.25, 0.3) is 0 Å². The Labute approximate surface area is 108 Å². The molecule has 8 nitrogen and oxygen atoms in total. The van der Waals surface area contributed by atoms with Crippen molar-refractivity contribution in [3.63, 3.8) is 0 Å². The van der Waals surface area contributed by atoms with Gasteiger partial charge < -0.3 is 15.1 Å². The zero-order valence-corrected chi connectivity index (χ0v) is 10.1. The summed E-state index contributed by atoms with van der Waals surface area (Å²) < 4.78 is 0. The van der Waals surface area contributed by atoms with Gasteiger partial charge in [0.15, 0.2) is 5.78 Å². The third-order valence-electron chi connectivity index (χ3n) is 2.55. The second kappa shape index (κ2) is 6.64. The zero-order chi connectivity index (χ0) is 14.4. The highest BCUT2D eigenvalue weighted by atomic mass is 16.6. The lowest BCUT2D eigenvalue weighted by Crippen LogP contribution is -2.31. The van der Waals surface area contributed by atoms with E-state index in [2.05, 4.69) is 16.6 Å². The highest BCUT2D eigenvalue weighted by Crippen LogP contribution is 2.22. The number of oxime groups is 1. The van der Waals surface area contributed by atoms with Gasteiger partial charge in [0.25, 0.3) is 0 Å². The fraction of sp³-hybridized carbons (Fsp3) is 0.455. The summed E-state index contributed by atoms with van der Waals surface area (Å²) >= 11 is 0. The Hall–Kier alpha value is -2.22. The van der Waals surface area contributed by atoms with Gasteiger partial charge in [-0.05, 0) is 0 Å². The minimum Gasteiger partial charge on any atom is -0.473 e. The standard InChI is InChI=1S/C9H12N2O2.C2H2O4/c1-2-3-13-10-8-5-11-4-7(8)9(12)6-11;3-1(4)2(5)6/h2,7H,1,3-6H2;(H,3,4)(H,5,6). The summed E-state index contributed by atoms with van der Waals surface area (Å²) in [5, 5.41) is 18.7. The number of carbonyl (C=O) groups excluding carboxylic acids is 1. The van der Waals surface area contributed by atoms with Crippen molar-refractivity contribution in [2.45, 2.75) is 0 Å². The van der Waals surface area contributed by atoms with E-state index in [1.807, 2.05) is 0 Å². The molecule has 0 spiro atoms. The number of hydrogen-bond donors (Lipinski definition) is 2. The molecule has 2 aliphatic rings. The normalized spacial score (nSPS) is 25.7. The topological polar surface area (TPSA) is 117 Å². The van der Waals surface area contributed by atoms with Gasteiger partial charge in [-0.1, -0.05) is 17.8 Å². The molecule has 0 amide bonds. The lowest BCUT2D eigenvalue weighted by molar-refractivity contribution is -0.159. The number of carbonyl (C=O) groups is 3. The maximum atomic E-state index is 11.3. The Kier molecular flexibility index (Phi) is 5.19. The van der Waals surface area contributed by atoms with Gasteiger partial charge in [0.05, 0.1) is 18.2 Å². The fourth-order valence-corrected chi connectivity index (χ4v) is 1.77. The van der Waals surface area contributed by atoms with Crippen LogP contribution in [0.5, 0.6) is 0 Å². The minimum absolute atomic E-state index is 0.00446. The van der Waals surface area contributed by atoms with Crippen molar-refractivity contribution >= 4 is 23.4 Å². The molecule has 2 N–H and O–H groups in total. The van der Waals surface area contributed by atoms with Crippen LogP contribution in [0.15, 0.2) is 17.8 Å². The van der Waals surface area contributed by atoms with E-state index in [9.17, 15) is 4.79 Å². The Morgan fingerprint density at radius 2 is 2.05 bits per heavy atom. The molecule has 0 aromatic carbocycles. The van der Waals surface area contributed by atoms with E-state index in [0.717, 1.165) is 18.8 Å². The van der Waals surface area contributed by atoms with Crippen LogP contribution in [0.3, 0.4) is 0 Å². The molecule has 2 bridgehead atoms. The zero-order valence-electron chi connectivity index (χ0n) is 10.1. The van der Waals surface area contributed by atoms with Gasteiger partial charge in [-0.25, -0.2) is 9.59 Å². The summed E-state index contributed by atoms with van der Waals surface area (Å²) in [7, 11) is 0. The van der Waals surface area contributed by atoms with Crippen LogP contribution in [0.1, 0.15) is 0 Å². The summed E-state index contributed by atoms with van der Waals surface area (Å²) in [5.41, 5.74) is 0.873. The SMILES string of the molecule is C=CCON=C1CN2CC(=O)C1C2.O=C(O)C(=O)O. The van der Waals surface area contributed by atoms with E-state index in [1.165, 1.54) is 0 Å². The summed E-state index contributed by atoms with van der Waals surface area (Å²) in [6.07, 6.45) is 1.64. The Bertz CT molecular complexity index is 419. The third kappa shape index (κ3) is 4.18. The number of aliphatic carboxylic acids is 2. The molecule has 19 heavy (non-hydrogen) atoms. The van der Waals surface area contributed by atoms with Crippen LogP contribution in [0.4, 0.5) is 0 Å². The first-order chi connectivity index (χ1) is 8.95. The molecule has 2 heterocycles. The van der Waals surface area contributed by atoms with Crippen LogP contribution in [-0.4, -0.2) is 64.8 Å². The van der Waals surface area contributed by atoms with Gasteiger partial charge >= 0.3 is 11.9 Å². The van der Waals surface area contributed by atoms with Gasteiger partial charge in [-0.15, -0.1) is 0 Å². The fourth-order valence-electron chi connectivity index (χ4n) is 1.77. The lowest BCUT2D eigenvalue weighted by atomic mass is 10.0. The number of Topliss-reactive ketones (excluding diaryl/α,β-unsaturated/α-hetero) is 1. The molecule has 2 aliphatic heterocycles.